The van der Waals surface area contributed by atoms with Crippen LogP contribution in [0.25, 0.3) is 0 Å². The first-order valence-corrected chi connectivity index (χ1v) is 16.1. The van der Waals surface area contributed by atoms with Crippen LogP contribution in [0.15, 0.2) is 41.4 Å². The maximum absolute atomic E-state index is 11.3. The molecule has 3 rings (SSSR count). The Morgan fingerprint density at radius 1 is 1.32 bits per heavy atom. The Hall–Kier alpha value is -0.781. The molecule has 0 radical (unpaired) electrons. The number of hydrogen-bond donors (Lipinski definition) is 1. The quantitative estimate of drug-likeness (QED) is 0.149. The maximum atomic E-state index is 11.3. The van der Waals surface area contributed by atoms with E-state index in [4.69, 9.17) is 9.47 Å². The van der Waals surface area contributed by atoms with E-state index in [0.29, 0.717) is 26.3 Å². The first kappa shape index (κ1) is 27.8. The van der Waals surface area contributed by atoms with Crippen molar-refractivity contribution in [3.8, 4) is 0 Å². The van der Waals surface area contributed by atoms with Gasteiger partial charge in [0.25, 0.3) is 0 Å². The van der Waals surface area contributed by atoms with Gasteiger partial charge in [0.1, 0.15) is 0 Å². The molecule has 0 amide bonds. The zero-order valence-corrected chi connectivity index (χ0v) is 23.1. The van der Waals surface area contributed by atoms with Crippen molar-refractivity contribution in [3.63, 3.8) is 0 Å². The number of allylic oxidation sites excluding steroid dienone is 3. The zero-order valence-electron chi connectivity index (χ0n) is 20.6. The predicted octanol–water partition coefficient (Wildman–Crippen LogP) is 6.67. The van der Waals surface area contributed by atoms with Crippen molar-refractivity contribution >= 4 is 32.2 Å². The summed E-state index contributed by atoms with van der Waals surface area (Å²) >= 11 is 2.37. The normalized spacial score (nSPS) is 25.3. The van der Waals surface area contributed by atoms with Gasteiger partial charge in [-0.3, -0.25) is 0 Å². The molecule has 2 aliphatic rings. The molecule has 190 valence electrons. The van der Waals surface area contributed by atoms with Gasteiger partial charge in [-0.15, -0.1) is 0 Å². The summed E-state index contributed by atoms with van der Waals surface area (Å²) in [4.78, 5) is 13.5. The topological polar surface area (TPSA) is 55.8 Å². The van der Waals surface area contributed by atoms with Crippen molar-refractivity contribution in [1.29, 1.82) is 0 Å². The second kappa shape index (κ2) is 16.1. The third-order valence-corrected chi connectivity index (χ3v) is 10.2. The Balaban J connectivity index is 1.50. The van der Waals surface area contributed by atoms with E-state index < -0.39 is 5.97 Å². The van der Waals surface area contributed by atoms with Crippen molar-refractivity contribution < 1.29 is 19.4 Å². The molecule has 1 aromatic rings. The molecule has 0 bridgehead atoms. The third kappa shape index (κ3) is 10.1. The Bertz CT molecular complexity index is 742. The van der Waals surface area contributed by atoms with Crippen molar-refractivity contribution in [2.45, 2.75) is 89.4 Å². The fourth-order valence-electron chi connectivity index (χ4n) is 4.72. The van der Waals surface area contributed by atoms with Gasteiger partial charge in [-0.05, 0) is 19.3 Å². The minimum Gasteiger partial charge on any atom is -0.353 e. The van der Waals surface area contributed by atoms with Crippen LogP contribution in [0.4, 0.5) is 0 Å². The molecule has 34 heavy (non-hydrogen) atoms. The van der Waals surface area contributed by atoms with E-state index in [1.165, 1.54) is 41.6 Å². The van der Waals surface area contributed by atoms with Crippen LogP contribution in [-0.2, 0) is 14.3 Å². The zero-order chi connectivity index (χ0) is 24.0. The first-order valence-electron chi connectivity index (χ1n) is 13.1. The Kier molecular flexibility index (Phi) is 13.1. The monoisotopic (exact) mass is 554 g/mol. The second-order valence-corrected chi connectivity index (χ2v) is 12.7. The minimum absolute atomic E-state index is 0.0352. The summed E-state index contributed by atoms with van der Waals surface area (Å²) < 4.78 is 13.5. The molecule has 1 aromatic heterocycles. The smallest absolute Gasteiger partial charge is 0.353 e. The number of ether oxygens (including phenoxy) is 2. The van der Waals surface area contributed by atoms with E-state index >= 15 is 0 Å². The molecular weight excluding hydrogens is 511 g/mol. The summed E-state index contributed by atoms with van der Waals surface area (Å²) in [5.74, 6) is 3.05. The number of thioether (sulfide) groups is 1. The van der Waals surface area contributed by atoms with E-state index in [9.17, 15) is 9.90 Å². The van der Waals surface area contributed by atoms with E-state index in [0.717, 1.165) is 38.7 Å². The van der Waals surface area contributed by atoms with Crippen LogP contribution in [0.5, 0.6) is 0 Å². The number of hydrogen-bond acceptors (Lipinski definition) is 4. The van der Waals surface area contributed by atoms with Crippen LogP contribution in [0, 0.1) is 11.8 Å². The molecule has 4 nitrogen and oxygen atoms in total. The Labute approximate surface area is 216 Å². The summed E-state index contributed by atoms with van der Waals surface area (Å²) in [7, 11) is 0. The summed E-state index contributed by atoms with van der Waals surface area (Å²) in [6.07, 6.45) is 19.6. The number of carboxylic acids is 1. The molecule has 1 N–H and O–H groups in total. The number of aliphatic carboxylic acids is 1. The van der Waals surface area contributed by atoms with Gasteiger partial charge in [0, 0.05) is 6.61 Å². The number of carbonyl (C=O) groups is 1. The van der Waals surface area contributed by atoms with Crippen molar-refractivity contribution in [2.75, 3.05) is 18.1 Å². The van der Waals surface area contributed by atoms with Gasteiger partial charge in [0.2, 0.25) is 0 Å². The van der Waals surface area contributed by atoms with Crippen LogP contribution in [-0.4, -0.2) is 56.1 Å². The van der Waals surface area contributed by atoms with Gasteiger partial charge in [0.05, 0.1) is 0 Å². The van der Waals surface area contributed by atoms with E-state index in [1.807, 2.05) is 11.8 Å². The van der Waals surface area contributed by atoms with Gasteiger partial charge in [0.15, 0.2) is 6.29 Å². The summed E-state index contributed by atoms with van der Waals surface area (Å²) in [5, 5.41) is 9.29. The fourth-order valence-corrected chi connectivity index (χ4v) is 7.97. The van der Waals surface area contributed by atoms with Crippen LogP contribution in [0.1, 0.15) is 81.5 Å². The third-order valence-electron chi connectivity index (χ3n) is 6.77. The standard InChI is InChI=1S/C28H42O4SSe/c1-2-3-4-12-25(32-28-14-7-8-17-31-28)16-15-24-21-33-20-23(24)11-6-5-10-22(19-27(29)30)26-13-9-18-34-26/h5-6,9,13,15-16,18,22-25,28H,2-4,7-8,10-12,14,17,19-21H2,1H3,(H,29,30)/b6-5-,16-15+/t22-,23?,24+,25?,28?/m0/s1. The average Bonchev–Trinajstić information content (AvgIpc) is 3.52. The number of unbranched alkanes of at least 4 members (excludes halogenated alkanes) is 2. The van der Waals surface area contributed by atoms with Gasteiger partial charge in [-0.2, -0.15) is 0 Å². The molecule has 0 spiro atoms. The van der Waals surface area contributed by atoms with Gasteiger partial charge < -0.3 is 4.74 Å². The molecule has 2 saturated heterocycles. The molecule has 6 heteroatoms. The average molecular weight is 554 g/mol. The van der Waals surface area contributed by atoms with E-state index in [-0.39, 0.29) is 24.7 Å². The SMILES string of the molecule is CCCCCC(/C=C/[C@@H]1CSCC1C/C=C\C[C@@H](CC(=O)O)c1ccc[se]1)OC1CCCCO1. The number of carboxylic acid groups (broad SMARTS) is 1. The molecular formula is C28H42O4SSe. The van der Waals surface area contributed by atoms with Crippen molar-refractivity contribution in [2.24, 2.45) is 11.8 Å². The van der Waals surface area contributed by atoms with Crippen molar-refractivity contribution in [1.82, 2.24) is 0 Å². The van der Waals surface area contributed by atoms with Crippen LogP contribution < -0.4 is 0 Å². The Morgan fingerprint density at radius 3 is 2.97 bits per heavy atom. The van der Waals surface area contributed by atoms with Crippen LogP contribution >= 0.6 is 11.8 Å². The second-order valence-electron chi connectivity index (χ2n) is 9.57. The minimum atomic E-state index is -0.700. The Morgan fingerprint density at radius 2 is 2.24 bits per heavy atom. The van der Waals surface area contributed by atoms with Crippen molar-refractivity contribution in [3.05, 3.63) is 45.8 Å². The molecule has 2 fully saturated rings. The van der Waals surface area contributed by atoms with Gasteiger partial charge in [-0.1, -0.05) is 26.2 Å². The molecule has 0 aromatic carbocycles. The van der Waals surface area contributed by atoms with E-state index in [2.05, 4.69) is 48.3 Å². The molecule has 0 saturated carbocycles. The predicted molar refractivity (Wildman–Crippen MR) is 143 cm³/mol. The molecule has 3 heterocycles. The summed E-state index contributed by atoms with van der Waals surface area (Å²) in [5.41, 5.74) is 0. The molecule has 0 aliphatic carbocycles. The first-order chi connectivity index (χ1) is 16.7. The summed E-state index contributed by atoms with van der Waals surface area (Å²) in [6, 6.07) is 4.19. The molecule has 3 unspecified atom stereocenters. The van der Waals surface area contributed by atoms with Gasteiger partial charge >= 0.3 is 154 Å². The van der Waals surface area contributed by atoms with Crippen LogP contribution in [0.3, 0.4) is 0 Å². The summed E-state index contributed by atoms with van der Waals surface area (Å²) in [6.45, 7) is 3.07. The van der Waals surface area contributed by atoms with Gasteiger partial charge in [-0.25, -0.2) is 0 Å². The number of rotatable bonds is 15. The molecule has 5 atom stereocenters. The molecule has 2 aliphatic heterocycles. The fraction of sp³-hybridized carbons (Fsp3) is 0.679. The van der Waals surface area contributed by atoms with Crippen LogP contribution in [0.2, 0.25) is 0 Å². The van der Waals surface area contributed by atoms with E-state index in [1.54, 1.807) is 0 Å².